The Bertz CT molecular complexity index is 526. The van der Waals surface area contributed by atoms with Crippen molar-refractivity contribution in [3.05, 3.63) is 11.4 Å². The Kier molecular flexibility index (Phi) is 4.57. The Balaban J connectivity index is 1.74. The zero-order valence-corrected chi connectivity index (χ0v) is 13.4. The Morgan fingerprint density at radius 3 is 2.32 bits per heavy atom. The molecule has 1 aromatic rings. The van der Waals surface area contributed by atoms with Gasteiger partial charge in [-0.1, -0.05) is 0 Å². The largest absolute Gasteiger partial charge is 0.381 e. The summed E-state index contributed by atoms with van der Waals surface area (Å²) in [4.78, 5) is 23.8. The fourth-order valence-electron chi connectivity index (χ4n) is 3.12. The van der Waals surface area contributed by atoms with Crippen LogP contribution in [0, 0.1) is 19.8 Å². The van der Waals surface area contributed by atoms with E-state index in [9.17, 15) is 4.79 Å². The first-order valence-electron chi connectivity index (χ1n) is 8.14. The van der Waals surface area contributed by atoms with Gasteiger partial charge in [-0.3, -0.25) is 4.79 Å². The van der Waals surface area contributed by atoms with Crippen LogP contribution in [0.15, 0.2) is 0 Å². The van der Waals surface area contributed by atoms with Crippen molar-refractivity contribution >= 4 is 17.5 Å². The molecule has 22 heavy (non-hydrogen) atoms. The number of nitrogens with one attached hydrogen (secondary N) is 1. The van der Waals surface area contributed by atoms with Crippen LogP contribution >= 0.6 is 0 Å². The van der Waals surface area contributed by atoms with Gasteiger partial charge in [0.2, 0.25) is 11.9 Å². The van der Waals surface area contributed by atoms with Gasteiger partial charge in [-0.25, -0.2) is 9.97 Å². The number of aryl methyl sites for hydroxylation is 2. The number of hydrogen-bond acceptors (Lipinski definition) is 5. The van der Waals surface area contributed by atoms with E-state index in [1.165, 1.54) is 12.8 Å². The van der Waals surface area contributed by atoms with Gasteiger partial charge in [-0.05, 0) is 39.5 Å². The first-order valence-corrected chi connectivity index (χ1v) is 8.14. The second-order valence-corrected chi connectivity index (χ2v) is 6.14. The lowest BCUT2D eigenvalue weighted by molar-refractivity contribution is -0.122. The van der Waals surface area contributed by atoms with Gasteiger partial charge in [0.25, 0.3) is 0 Å². The third-order valence-corrected chi connectivity index (χ3v) is 4.49. The average molecular weight is 304 g/mol. The SMILES string of the molecule is Cc1nc(N2CCCC2)nc(C)c1NC(=O)C1CCOCC1. The number of amides is 1. The number of carbonyl (C=O) groups excluding carboxylic acids is 1. The van der Waals surface area contributed by atoms with Gasteiger partial charge in [-0.2, -0.15) is 0 Å². The summed E-state index contributed by atoms with van der Waals surface area (Å²) in [6.45, 7) is 7.25. The highest BCUT2D eigenvalue weighted by Crippen LogP contribution is 2.24. The number of rotatable bonds is 3. The molecule has 120 valence electrons. The molecule has 0 radical (unpaired) electrons. The molecule has 0 aliphatic carbocycles. The lowest BCUT2D eigenvalue weighted by Gasteiger charge is -2.23. The molecule has 3 rings (SSSR count). The molecule has 0 spiro atoms. The first-order chi connectivity index (χ1) is 10.6. The molecule has 1 amide bonds. The molecule has 0 bridgehead atoms. The summed E-state index contributed by atoms with van der Waals surface area (Å²) >= 11 is 0. The van der Waals surface area contributed by atoms with E-state index >= 15 is 0 Å². The smallest absolute Gasteiger partial charge is 0.227 e. The minimum Gasteiger partial charge on any atom is -0.381 e. The van der Waals surface area contributed by atoms with Gasteiger partial charge < -0.3 is 15.0 Å². The van der Waals surface area contributed by atoms with Gasteiger partial charge in [0.15, 0.2) is 0 Å². The van der Waals surface area contributed by atoms with Crippen molar-refractivity contribution in [3.8, 4) is 0 Å². The molecular formula is C16H24N4O2. The van der Waals surface area contributed by atoms with Crippen LogP contribution in [0.4, 0.5) is 11.6 Å². The van der Waals surface area contributed by atoms with Crippen molar-refractivity contribution < 1.29 is 9.53 Å². The fourth-order valence-corrected chi connectivity index (χ4v) is 3.12. The van der Waals surface area contributed by atoms with E-state index in [-0.39, 0.29) is 11.8 Å². The van der Waals surface area contributed by atoms with Crippen LogP contribution in [0.3, 0.4) is 0 Å². The number of hydrogen-bond donors (Lipinski definition) is 1. The van der Waals surface area contributed by atoms with Crippen LogP contribution < -0.4 is 10.2 Å². The number of ether oxygens (including phenoxy) is 1. The maximum Gasteiger partial charge on any atom is 0.227 e. The lowest BCUT2D eigenvalue weighted by Crippen LogP contribution is -2.29. The van der Waals surface area contributed by atoms with E-state index in [0.29, 0.717) is 13.2 Å². The highest BCUT2D eigenvalue weighted by atomic mass is 16.5. The van der Waals surface area contributed by atoms with Gasteiger partial charge in [0.1, 0.15) is 0 Å². The summed E-state index contributed by atoms with van der Waals surface area (Å²) < 4.78 is 5.31. The standard InChI is InChI=1S/C16H24N4O2/c1-11-14(19-15(21)13-5-9-22-10-6-13)12(2)18-16(17-11)20-7-3-4-8-20/h13H,3-10H2,1-2H3,(H,19,21). The molecule has 0 saturated carbocycles. The Morgan fingerprint density at radius 1 is 1.14 bits per heavy atom. The predicted molar refractivity (Wildman–Crippen MR) is 85.1 cm³/mol. The lowest BCUT2D eigenvalue weighted by atomic mass is 9.99. The fraction of sp³-hybridized carbons (Fsp3) is 0.688. The molecule has 1 N–H and O–H groups in total. The summed E-state index contributed by atoms with van der Waals surface area (Å²) in [5, 5.41) is 3.03. The summed E-state index contributed by atoms with van der Waals surface area (Å²) in [7, 11) is 0. The number of nitrogens with zero attached hydrogens (tertiary/aromatic N) is 3. The van der Waals surface area contributed by atoms with E-state index < -0.39 is 0 Å². The molecule has 0 atom stereocenters. The molecule has 2 aliphatic rings. The van der Waals surface area contributed by atoms with Gasteiger partial charge in [0.05, 0.1) is 17.1 Å². The summed E-state index contributed by atoms with van der Waals surface area (Å²) in [5.41, 5.74) is 2.45. The first kappa shape index (κ1) is 15.2. The van der Waals surface area contributed by atoms with Gasteiger partial charge in [-0.15, -0.1) is 0 Å². The molecule has 6 nitrogen and oxygen atoms in total. The van der Waals surface area contributed by atoms with Crippen molar-refractivity contribution in [2.24, 2.45) is 5.92 Å². The highest BCUT2D eigenvalue weighted by molar-refractivity contribution is 5.93. The third kappa shape index (κ3) is 3.21. The minimum absolute atomic E-state index is 0.0332. The molecular weight excluding hydrogens is 280 g/mol. The normalized spacial score (nSPS) is 19.5. The number of aromatic nitrogens is 2. The monoisotopic (exact) mass is 304 g/mol. The van der Waals surface area contributed by atoms with E-state index in [1.54, 1.807) is 0 Å². The zero-order valence-electron chi connectivity index (χ0n) is 13.4. The molecule has 0 unspecified atom stereocenters. The van der Waals surface area contributed by atoms with E-state index in [0.717, 1.165) is 49.0 Å². The number of carbonyl (C=O) groups is 1. The maximum atomic E-state index is 12.4. The molecule has 0 aromatic carbocycles. The number of anilines is 2. The van der Waals surface area contributed by atoms with E-state index in [4.69, 9.17) is 4.74 Å². The summed E-state index contributed by atoms with van der Waals surface area (Å²) in [6, 6.07) is 0. The molecule has 6 heteroatoms. The quantitative estimate of drug-likeness (QED) is 0.926. The van der Waals surface area contributed by atoms with Crippen LogP contribution in [0.5, 0.6) is 0 Å². The Morgan fingerprint density at radius 2 is 1.73 bits per heavy atom. The van der Waals surface area contributed by atoms with Crippen LogP contribution in [-0.2, 0) is 9.53 Å². The second-order valence-electron chi connectivity index (χ2n) is 6.14. The molecule has 2 aliphatic heterocycles. The average Bonchev–Trinajstić information content (AvgIpc) is 3.06. The van der Waals surface area contributed by atoms with E-state index in [1.807, 2.05) is 13.8 Å². The highest BCUT2D eigenvalue weighted by Gasteiger charge is 2.24. The third-order valence-electron chi connectivity index (χ3n) is 4.49. The van der Waals surface area contributed by atoms with E-state index in [2.05, 4.69) is 20.2 Å². The van der Waals surface area contributed by atoms with Crippen LogP contribution in [0.1, 0.15) is 37.1 Å². The Hall–Kier alpha value is -1.69. The second kappa shape index (κ2) is 6.60. The van der Waals surface area contributed by atoms with Crippen LogP contribution in [-0.4, -0.2) is 42.2 Å². The molecule has 1 aromatic heterocycles. The van der Waals surface area contributed by atoms with Gasteiger partial charge >= 0.3 is 0 Å². The summed E-state index contributed by atoms with van der Waals surface area (Å²) in [6.07, 6.45) is 3.97. The minimum atomic E-state index is 0.0332. The van der Waals surface area contributed by atoms with Crippen molar-refractivity contribution in [1.29, 1.82) is 0 Å². The topological polar surface area (TPSA) is 67.4 Å². The molecule has 3 heterocycles. The summed E-state index contributed by atoms with van der Waals surface area (Å²) in [5.74, 6) is 0.884. The molecule has 2 saturated heterocycles. The Labute approximate surface area is 131 Å². The predicted octanol–water partition coefficient (Wildman–Crippen LogP) is 2.06. The van der Waals surface area contributed by atoms with Crippen molar-refractivity contribution in [2.75, 3.05) is 36.5 Å². The zero-order chi connectivity index (χ0) is 15.5. The molecule has 2 fully saturated rings. The van der Waals surface area contributed by atoms with Crippen LogP contribution in [0.2, 0.25) is 0 Å². The van der Waals surface area contributed by atoms with Crippen molar-refractivity contribution in [3.63, 3.8) is 0 Å². The van der Waals surface area contributed by atoms with Gasteiger partial charge in [0, 0.05) is 32.2 Å². The maximum absolute atomic E-state index is 12.4. The van der Waals surface area contributed by atoms with Crippen molar-refractivity contribution in [1.82, 2.24) is 9.97 Å². The van der Waals surface area contributed by atoms with Crippen molar-refractivity contribution in [2.45, 2.75) is 39.5 Å². The van der Waals surface area contributed by atoms with Crippen LogP contribution in [0.25, 0.3) is 0 Å².